The summed E-state index contributed by atoms with van der Waals surface area (Å²) in [5.41, 5.74) is 8.45. The molecule has 0 spiro atoms. The van der Waals surface area contributed by atoms with Crippen molar-refractivity contribution in [2.75, 3.05) is 5.73 Å². The molecular formula is C15H12FN3O. The minimum atomic E-state index is -0.321. The van der Waals surface area contributed by atoms with E-state index in [9.17, 15) is 4.39 Å². The molecule has 0 amide bonds. The number of aromatic nitrogens is 2. The molecule has 1 aromatic heterocycles. The maximum absolute atomic E-state index is 13.4. The summed E-state index contributed by atoms with van der Waals surface area (Å²) in [7, 11) is 0. The molecule has 1 heterocycles. The molecule has 100 valence electrons. The standard InChI is InChI=1S/C15H12FN3O/c1-9-6-11(8-12(16)7-9)14-18-15(20-19-14)10-2-4-13(17)5-3-10/h2-8H,17H2,1H3. The molecule has 3 rings (SSSR count). The fourth-order valence-electron chi connectivity index (χ4n) is 1.95. The Hall–Kier alpha value is -2.69. The lowest BCUT2D eigenvalue weighted by atomic mass is 10.1. The van der Waals surface area contributed by atoms with Crippen LogP contribution in [-0.4, -0.2) is 10.1 Å². The molecule has 4 nitrogen and oxygen atoms in total. The molecule has 0 fully saturated rings. The zero-order chi connectivity index (χ0) is 14.1. The topological polar surface area (TPSA) is 64.9 Å². The molecule has 0 saturated carbocycles. The van der Waals surface area contributed by atoms with Crippen LogP contribution in [-0.2, 0) is 0 Å². The normalized spacial score (nSPS) is 10.7. The van der Waals surface area contributed by atoms with Gasteiger partial charge in [-0.3, -0.25) is 0 Å². The van der Waals surface area contributed by atoms with Crippen molar-refractivity contribution in [1.29, 1.82) is 0 Å². The van der Waals surface area contributed by atoms with Gasteiger partial charge in [0.15, 0.2) is 0 Å². The van der Waals surface area contributed by atoms with Crippen LogP contribution in [0.25, 0.3) is 22.8 Å². The monoisotopic (exact) mass is 269 g/mol. The summed E-state index contributed by atoms with van der Waals surface area (Å²) in [6.45, 7) is 1.81. The molecular weight excluding hydrogens is 257 g/mol. The Morgan fingerprint density at radius 2 is 1.80 bits per heavy atom. The van der Waals surface area contributed by atoms with Crippen molar-refractivity contribution in [3.05, 3.63) is 53.8 Å². The van der Waals surface area contributed by atoms with Crippen molar-refractivity contribution in [3.63, 3.8) is 0 Å². The molecule has 0 bridgehead atoms. The van der Waals surface area contributed by atoms with Gasteiger partial charge in [0, 0.05) is 16.8 Å². The predicted molar refractivity (Wildman–Crippen MR) is 74.3 cm³/mol. The van der Waals surface area contributed by atoms with Crippen molar-refractivity contribution >= 4 is 5.69 Å². The Morgan fingerprint density at radius 3 is 2.50 bits per heavy atom. The zero-order valence-corrected chi connectivity index (χ0v) is 10.8. The number of rotatable bonds is 2. The Kier molecular flexibility index (Phi) is 2.95. The van der Waals surface area contributed by atoms with Gasteiger partial charge in [-0.15, -0.1) is 0 Å². The van der Waals surface area contributed by atoms with Crippen molar-refractivity contribution in [3.8, 4) is 22.8 Å². The van der Waals surface area contributed by atoms with Gasteiger partial charge in [0.25, 0.3) is 5.89 Å². The average molecular weight is 269 g/mol. The first-order valence-electron chi connectivity index (χ1n) is 6.09. The molecule has 20 heavy (non-hydrogen) atoms. The summed E-state index contributed by atoms with van der Waals surface area (Å²) >= 11 is 0. The quantitative estimate of drug-likeness (QED) is 0.724. The number of hydrogen-bond donors (Lipinski definition) is 1. The van der Waals surface area contributed by atoms with Gasteiger partial charge in [-0.1, -0.05) is 5.16 Å². The van der Waals surface area contributed by atoms with E-state index in [1.54, 1.807) is 30.3 Å². The zero-order valence-electron chi connectivity index (χ0n) is 10.8. The second kappa shape index (κ2) is 4.77. The molecule has 2 N–H and O–H groups in total. The SMILES string of the molecule is Cc1cc(F)cc(-c2noc(-c3ccc(N)cc3)n2)c1. The first-order chi connectivity index (χ1) is 9.61. The molecule has 0 atom stereocenters. The smallest absolute Gasteiger partial charge is 0.258 e. The summed E-state index contributed by atoms with van der Waals surface area (Å²) in [6, 6.07) is 11.7. The van der Waals surface area contributed by atoms with E-state index in [-0.39, 0.29) is 5.82 Å². The fourth-order valence-corrected chi connectivity index (χ4v) is 1.95. The fraction of sp³-hybridized carbons (Fsp3) is 0.0667. The van der Waals surface area contributed by atoms with Gasteiger partial charge in [-0.05, 0) is 55.0 Å². The lowest BCUT2D eigenvalue weighted by Gasteiger charge is -1.97. The number of anilines is 1. The Balaban J connectivity index is 1.99. The van der Waals surface area contributed by atoms with Crippen LogP contribution in [0.3, 0.4) is 0 Å². The molecule has 0 aliphatic heterocycles. The highest BCUT2D eigenvalue weighted by Gasteiger charge is 2.11. The third-order valence-electron chi connectivity index (χ3n) is 2.88. The van der Waals surface area contributed by atoms with Crippen LogP contribution in [0, 0.1) is 12.7 Å². The summed E-state index contributed by atoms with van der Waals surface area (Å²) in [6.07, 6.45) is 0. The summed E-state index contributed by atoms with van der Waals surface area (Å²) in [5, 5.41) is 3.88. The lowest BCUT2D eigenvalue weighted by Crippen LogP contribution is -1.86. The molecule has 0 radical (unpaired) electrons. The Labute approximate surface area is 115 Å². The number of nitrogens with zero attached hydrogens (tertiary/aromatic N) is 2. The van der Waals surface area contributed by atoms with Crippen molar-refractivity contribution < 1.29 is 8.91 Å². The Bertz CT molecular complexity index is 730. The van der Waals surface area contributed by atoms with E-state index < -0.39 is 0 Å². The molecule has 0 saturated heterocycles. The van der Waals surface area contributed by atoms with Gasteiger partial charge in [-0.2, -0.15) is 4.98 Å². The first-order valence-corrected chi connectivity index (χ1v) is 6.09. The highest BCUT2D eigenvalue weighted by Crippen LogP contribution is 2.24. The number of benzene rings is 2. The van der Waals surface area contributed by atoms with Gasteiger partial charge in [0.2, 0.25) is 5.82 Å². The van der Waals surface area contributed by atoms with Crippen LogP contribution in [0.1, 0.15) is 5.56 Å². The van der Waals surface area contributed by atoms with Crippen molar-refractivity contribution in [2.24, 2.45) is 0 Å². The van der Waals surface area contributed by atoms with E-state index in [4.69, 9.17) is 10.3 Å². The second-order valence-corrected chi connectivity index (χ2v) is 4.56. The van der Waals surface area contributed by atoms with E-state index >= 15 is 0 Å². The molecule has 3 aromatic rings. The number of nitrogens with two attached hydrogens (primary N) is 1. The van der Waals surface area contributed by atoms with E-state index in [2.05, 4.69) is 10.1 Å². The van der Waals surface area contributed by atoms with Crippen LogP contribution in [0.15, 0.2) is 47.0 Å². The van der Waals surface area contributed by atoms with Crippen LogP contribution < -0.4 is 5.73 Å². The molecule has 0 unspecified atom stereocenters. The third kappa shape index (κ3) is 2.38. The molecule has 0 aliphatic carbocycles. The van der Waals surface area contributed by atoms with Gasteiger partial charge >= 0.3 is 0 Å². The first kappa shape index (κ1) is 12.3. The number of nitrogen functional groups attached to an aromatic ring is 1. The molecule has 5 heteroatoms. The summed E-state index contributed by atoms with van der Waals surface area (Å²) in [5.74, 6) is 0.417. The van der Waals surface area contributed by atoms with Crippen molar-refractivity contribution in [1.82, 2.24) is 10.1 Å². The second-order valence-electron chi connectivity index (χ2n) is 4.56. The number of aryl methyl sites for hydroxylation is 1. The van der Waals surface area contributed by atoms with Gasteiger partial charge < -0.3 is 10.3 Å². The molecule has 0 aliphatic rings. The maximum Gasteiger partial charge on any atom is 0.258 e. The van der Waals surface area contributed by atoms with Crippen LogP contribution in [0.5, 0.6) is 0 Å². The summed E-state index contributed by atoms with van der Waals surface area (Å²) in [4.78, 5) is 4.28. The van der Waals surface area contributed by atoms with Gasteiger partial charge in [0.1, 0.15) is 5.82 Å². The van der Waals surface area contributed by atoms with Gasteiger partial charge in [-0.25, -0.2) is 4.39 Å². The Morgan fingerprint density at radius 1 is 1.05 bits per heavy atom. The van der Waals surface area contributed by atoms with E-state index in [1.807, 2.05) is 6.92 Å². The maximum atomic E-state index is 13.4. The van der Waals surface area contributed by atoms with Gasteiger partial charge in [0.05, 0.1) is 0 Å². The highest BCUT2D eigenvalue weighted by molar-refractivity contribution is 5.61. The lowest BCUT2D eigenvalue weighted by molar-refractivity contribution is 0.432. The van der Waals surface area contributed by atoms with E-state index in [0.29, 0.717) is 23.0 Å². The van der Waals surface area contributed by atoms with Crippen LogP contribution in [0.4, 0.5) is 10.1 Å². The molecule has 2 aromatic carbocycles. The van der Waals surface area contributed by atoms with Crippen molar-refractivity contribution in [2.45, 2.75) is 6.92 Å². The summed E-state index contributed by atoms with van der Waals surface area (Å²) < 4.78 is 18.6. The predicted octanol–water partition coefficient (Wildman–Crippen LogP) is 3.43. The third-order valence-corrected chi connectivity index (χ3v) is 2.88. The average Bonchev–Trinajstić information content (AvgIpc) is 2.88. The minimum Gasteiger partial charge on any atom is -0.399 e. The van der Waals surface area contributed by atoms with E-state index in [0.717, 1.165) is 11.1 Å². The number of halogens is 1. The minimum absolute atomic E-state index is 0.321. The highest BCUT2D eigenvalue weighted by atomic mass is 19.1. The van der Waals surface area contributed by atoms with Crippen LogP contribution in [0.2, 0.25) is 0 Å². The van der Waals surface area contributed by atoms with E-state index in [1.165, 1.54) is 12.1 Å². The number of hydrogen-bond acceptors (Lipinski definition) is 4. The van der Waals surface area contributed by atoms with Crippen LogP contribution >= 0.6 is 0 Å². The largest absolute Gasteiger partial charge is 0.399 e.